The summed E-state index contributed by atoms with van der Waals surface area (Å²) in [6, 6.07) is 3.56. The summed E-state index contributed by atoms with van der Waals surface area (Å²) >= 11 is 0. The molecule has 0 radical (unpaired) electrons. The van der Waals surface area contributed by atoms with Crippen molar-refractivity contribution in [2.24, 2.45) is 0 Å². The summed E-state index contributed by atoms with van der Waals surface area (Å²) in [6.45, 7) is 0. The van der Waals surface area contributed by atoms with E-state index in [1.807, 2.05) is 0 Å². The van der Waals surface area contributed by atoms with Gasteiger partial charge in [-0.15, -0.1) is 5.10 Å². The van der Waals surface area contributed by atoms with Gasteiger partial charge in [-0.25, -0.2) is 0 Å². The number of nitro benzene ring substituents is 1. The molecule has 31 heavy (non-hydrogen) atoms. The molecular formula is C15H6N6O10. The molecule has 0 spiro atoms. The fourth-order valence-corrected chi connectivity index (χ4v) is 3.02. The van der Waals surface area contributed by atoms with Crippen molar-refractivity contribution in [1.29, 1.82) is 0 Å². The summed E-state index contributed by atoms with van der Waals surface area (Å²) in [5, 5.41) is 51.0. The molecule has 0 bridgehead atoms. The number of non-ortho nitro benzene ring substituents is 1. The Bertz CT molecular complexity index is 1340. The van der Waals surface area contributed by atoms with Gasteiger partial charge in [0.2, 0.25) is 0 Å². The lowest BCUT2D eigenvalue weighted by molar-refractivity contribution is -0.498. The van der Waals surface area contributed by atoms with E-state index in [1.54, 1.807) is 0 Å². The smallest absolute Gasteiger partial charge is 0.346 e. The summed E-state index contributed by atoms with van der Waals surface area (Å²) < 4.78 is 4.22. The number of carbonyl (C=O) groups excluding carboxylic acids is 1. The van der Waals surface area contributed by atoms with Crippen molar-refractivity contribution in [1.82, 2.24) is 10.4 Å². The van der Waals surface area contributed by atoms with Gasteiger partial charge in [-0.3, -0.25) is 45.3 Å². The van der Waals surface area contributed by atoms with Crippen LogP contribution in [-0.2, 0) is 4.79 Å². The molecule has 1 aromatic carbocycles. The Labute approximate surface area is 167 Å². The second-order valence-electron chi connectivity index (χ2n) is 5.67. The number of carbonyl (C=O) groups is 1. The molecule has 156 valence electrons. The molecule has 0 saturated heterocycles. The minimum absolute atomic E-state index is 0.0178. The number of nitro groups is 4. The molecule has 4 rings (SSSR count). The summed E-state index contributed by atoms with van der Waals surface area (Å²) in [4.78, 5) is 52.6. The Hall–Kier alpha value is -5.15. The molecule has 0 unspecified atom stereocenters. The fraction of sp³-hybridized carbons (Fsp3) is 0. The average molecular weight is 430 g/mol. The summed E-state index contributed by atoms with van der Waals surface area (Å²) in [7, 11) is 0. The fourth-order valence-electron chi connectivity index (χ4n) is 3.02. The zero-order valence-electron chi connectivity index (χ0n) is 14.7. The van der Waals surface area contributed by atoms with E-state index in [1.165, 1.54) is 24.6 Å². The van der Waals surface area contributed by atoms with Crippen LogP contribution in [0.4, 0.5) is 5.69 Å². The van der Waals surface area contributed by atoms with E-state index < -0.39 is 59.4 Å². The maximum absolute atomic E-state index is 12.5. The normalized spacial score (nSPS) is 14.2. The van der Waals surface area contributed by atoms with Crippen LogP contribution in [0, 0.1) is 40.5 Å². The van der Waals surface area contributed by atoms with Crippen molar-refractivity contribution in [2.45, 2.75) is 0 Å². The zero-order valence-corrected chi connectivity index (χ0v) is 14.7. The van der Waals surface area contributed by atoms with Gasteiger partial charge in [-0.05, 0) is 11.3 Å². The molecule has 0 amide bonds. The second-order valence-corrected chi connectivity index (χ2v) is 5.67. The van der Waals surface area contributed by atoms with Gasteiger partial charge in [0.25, 0.3) is 11.5 Å². The first-order valence-electron chi connectivity index (χ1n) is 7.84. The Kier molecular flexibility index (Phi) is 5.11. The van der Waals surface area contributed by atoms with E-state index in [0.29, 0.717) is 0 Å². The topological polar surface area (TPSA) is 229 Å². The first-order valence-corrected chi connectivity index (χ1v) is 7.84. The average Bonchev–Trinajstić information content (AvgIpc) is 3.37. The first kappa shape index (κ1) is 20.6. The molecule has 1 aromatic heterocycles. The summed E-state index contributed by atoms with van der Waals surface area (Å²) in [5.74, 6) is -1.49. The highest BCUT2D eigenvalue weighted by Crippen LogP contribution is 2.35. The number of hydrogen-bond acceptors (Lipinski definition) is 12. The van der Waals surface area contributed by atoms with Crippen molar-refractivity contribution in [3.05, 3.63) is 104 Å². The molecule has 0 fully saturated rings. The Balaban J connectivity index is 0.000000478. The van der Waals surface area contributed by atoms with Gasteiger partial charge in [0, 0.05) is 11.3 Å². The molecule has 0 N–H and O–H groups in total. The quantitative estimate of drug-likeness (QED) is 0.441. The van der Waals surface area contributed by atoms with E-state index in [-0.39, 0.29) is 10.4 Å². The number of ketones is 1. The van der Waals surface area contributed by atoms with E-state index in [4.69, 9.17) is 0 Å². The molecule has 1 heterocycles. The minimum Gasteiger partial charge on any atom is -0.346 e. The van der Waals surface area contributed by atoms with Gasteiger partial charge >= 0.3 is 17.1 Å². The predicted octanol–water partition coefficient (Wildman–Crippen LogP) is -0.512. The third-order valence-electron chi connectivity index (χ3n) is 4.07. The van der Waals surface area contributed by atoms with Crippen molar-refractivity contribution >= 4 is 23.1 Å². The van der Waals surface area contributed by atoms with Crippen LogP contribution in [-0.4, -0.2) is 35.8 Å². The van der Waals surface area contributed by atoms with Crippen LogP contribution in [0.3, 0.4) is 0 Å². The van der Waals surface area contributed by atoms with E-state index in [0.717, 1.165) is 12.1 Å². The number of benzene rings is 1. The molecular weight excluding hydrogens is 424 g/mol. The molecule has 2 aliphatic carbocycles. The van der Waals surface area contributed by atoms with Crippen LogP contribution < -0.4 is 10.4 Å². The first-order chi connectivity index (χ1) is 14.7. The maximum atomic E-state index is 12.5. The van der Waals surface area contributed by atoms with Crippen LogP contribution in [0.5, 0.6) is 0 Å². The Morgan fingerprint density at radius 3 is 1.94 bits per heavy atom. The number of allylic oxidation sites excluding steroid dienone is 2. The third-order valence-corrected chi connectivity index (χ3v) is 4.07. The molecule has 0 saturated carbocycles. The van der Waals surface area contributed by atoms with Crippen molar-refractivity contribution in [2.75, 3.05) is 0 Å². The molecule has 16 nitrogen and oxygen atoms in total. The van der Waals surface area contributed by atoms with Crippen LogP contribution in [0.2, 0.25) is 0 Å². The van der Waals surface area contributed by atoms with E-state index >= 15 is 0 Å². The van der Waals surface area contributed by atoms with Crippen LogP contribution in [0.25, 0.3) is 11.6 Å². The SMILES string of the molecule is O=C1C([N+](=O)[O-])=C([N+](=O)[O-])C([N+](=O)[O-])=C2C=c3cccc([N+](=O)[O-])c3=C12.c1conn1. The Morgan fingerprint density at radius 2 is 1.48 bits per heavy atom. The van der Waals surface area contributed by atoms with Gasteiger partial charge in [0.15, 0.2) is 0 Å². The predicted molar refractivity (Wildman–Crippen MR) is 94.6 cm³/mol. The van der Waals surface area contributed by atoms with Gasteiger partial charge in [0.1, 0.15) is 6.26 Å². The van der Waals surface area contributed by atoms with Gasteiger partial charge < -0.3 is 4.52 Å². The lowest BCUT2D eigenvalue weighted by Gasteiger charge is -2.09. The zero-order chi connectivity index (χ0) is 22.9. The summed E-state index contributed by atoms with van der Waals surface area (Å²) in [6.07, 6.45) is 3.87. The lowest BCUT2D eigenvalue weighted by atomic mass is 9.91. The number of rotatable bonds is 4. The molecule has 0 atom stereocenters. The van der Waals surface area contributed by atoms with Gasteiger partial charge in [-0.2, -0.15) is 0 Å². The Morgan fingerprint density at radius 1 is 0.839 bits per heavy atom. The minimum atomic E-state index is -1.61. The standard InChI is InChI=1S/C13H4N4O9.C2H2N2O/c18-13-9-6(4-5-2-1-3-7(8(5)9)14(19)20)10(15(21)22)11(16(23)24)12(13)17(25)26;1-2-5-4-3-1/h1-4H;1-2H. The van der Waals surface area contributed by atoms with Crippen molar-refractivity contribution in [3.8, 4) is 0 Å². The van der Waals surface area contributed by atoms with Crippen molar-refractivity contribution < 1.29 is 29.0 Å². The molecule has 0 aliphatic heterocycles. The maximum Gasteiger partial charge on any atom is 0.427 e. The van der Waals surface area contributed by atoms with Gasteiger partial charge in [-0.1, -0.05) is 12.1 Å². The molecule has 16 heteroatoms. The monoisotopic (exact) mass is 430 g/mol. The van der Waals surface area contributed by atoms with Crippen LogP contribution >= 0.6 is 0 Å². The largest absolute Gasteiger partial charge is 0.427 e. The lowest BCUT2D eigenvalue weighted by Crippen LogP contribution is -2.32. The van der Waals surface area contributed by atoms with Crippen molar-refractivity contribution in [3.63, 3.8) is 0 Å². The van der Waals surface area contributed by atoms with Crippen LogP contribution in [0.15, 0.2) is 57.8 Å². The molecule has 2 aliphatic rings. The number of aromatic nitrogens is 2. The highest BCUT2D eigenvalue weighted by atomic mass is 16.7. The molecule has 2 aromatic rings. The van der Waals surface area contributed by atoms with E-state index in [2.05, 4.69) is 14.9 Å². The second kappa shape index (κ2) is 7.70. The number of fused-ring (bicyclic) bond motifs is 2. The van der Waals surface area contributed by atoms with E-state index in [9.17, 15) is 45.3 Å². The van der Waals surface area contributed by atoms with Gasteiger partial charge in [0.05, 0.1) is 42.3 Å². The number of Topliss-reactive ketones (excluding diaryl/α,β-unsaturated/α-hetero) is 1. The highest BCUT2D eigenvalue weighted by Gasteiger charge is 2.53. The number of hydrogen-bond donors (Lipinski definition) is 0. The number of nitrogens with zero attached hydrogens (tertiary/aromatic N) is 6. The third kappa shape index (κ3) is 3.39. The van der Waals surface area contributed by atoms with Crippen LogP contribution in [0.1, 0.15) is 0 Å². The highest BCUT2D eigenvalue weighted by molar-refractivity contribution is 6.32. The summed E-state index contributed by atoms with van der Waals surface area (Å²) in [5.41, 5.74) is -6.28.